The number of alkyl halides is 2. The zero-order valence-electron chi connectivity index (χ0n) is 6.98. The van der Waals surface area contributed by atoms with Gasteiger partial charge in [0.25, 0.3) is 0 Å². The van der Waals surface area contributed by atoms with Gasteiger partial charge in [-0.2, -0.15) is 0 Å². The van der Waals surface area contributed by atoms with E-state index in [9.17, 15) is 4.79 Å². The molecule has 0 aliphatic carbocycles. The Kier molecular flexibility index (Phi) is 6.21. The average Bonchev–Trinajstić information content (AvgIpc) is 2.11. The van der Waals surface area contributed by atoms with Crippen molar-refractivity contribution in [2.75, 3.05) is 12.5 Å². The Bertz CT molecular complexity index is 168. The highest BCUT2D eigenvalue weighted by molar-refractivity contribution is 6.28. The van der Waals surface area contributed by atoms with Crippen molar-refractivity contribution in [1.29, 1.82) is 0 Å². The molecule has 0 aromatic heterocycles. The van der Waals surface area contributed by atoms with Gasteiger partial charge < -0.3 is 4.74 Å². The van der Waals surface area contributed by atoms with E-state index in [1.807, 2.05) is 6.92 Å². The van der Waals surface area contributed by atoms with Gasteiger partial charge in [-0.25, -0.2) is 4.79 Å². The standard InChI is InChI=1S/C8H12Cl2O2/c1-3-6(2)8(11)12-5-7(10)4-9/h7H,2-5H2,1H3. The first kappa shape index (κ1) is 11.8. The third-order valence-electron chi connectivity index (χ3n) is 1.28. The third kappa shape index (κ3) is 4.62. The molecular weight excluding hydrogens is 199 g/mol. The Balaban J connectivity index is 3.64. The predicted molar refractivity (Wildman–Crippen MR) is 50.8 cm³/mol. The second kappa shape index (κ2) is 6.32. The number of hydrogen-bond acceptors (Lipinski definition) is 2. The summed E-state index contributed by atoms with van der Waals surface area (Å²) in [5.41, 5.74) is 0.452. The maximum Gasteiger partial charge on any atom is 0.333 e. The van der Waals surface area contributed by atoms with Gasteiger partial charge in [0.15, 0.2) is 0 Å². The summed E-state index contributed by atoms with van der Waals surface area (Å²) in [4.78, 5) is 11.0. The molecule has 0 radical (unpaired) electrons. The first-order chi connectivity index (χ1) is 5.61. The summed E-state index contributed by atoms with van der Waals surface area (Å²) in [6, 6.07) is 0. The number of halogens is 2. The van der Waals surface area contributed by atoms with Crippen molar-refractivity contribution in [2.45, 2.75) is 18.7 Å². The second-order valence-corrected chi connectivity index (χ2v) is 3.23. The van der Waals surface area contributed by atoms with E-state index in [1.165, 1.54) is 0 Å². The molecule has 4 heteroatoms. The Hall–Kier alpha value is -0.210. The molecule has 0 aromatic carbocycles. The number of ether oxygens (including phenoxy) is 1. The highest BCUT2D eigenvalue weighted by atomic mass is 35.5. The SMILES string of the molecule is C=C(CC)C(=O)OCC(Cl)CCl. The van der Waals surface area contributed by atoms with Crippen LogP contribution >= 0.6 is 23.2 Å². The first-order valence-corrected chi connectivity index (χ1v) is 4.63. The molecule has 12 heavy (non-hydrogen) atoms. The molecule has 2 nitrogen and oxygen atoms in total. The van der Waals surface area contributed by atoms with Gasteiger partial charge >= 0.3 is 5.97 Å². The van der Waals surface area contributed by atoms with E-state index in [4.69, 9.17) is 27.9 Å². The quantitative estimate of drug-likeness (QED) is 0.396. The zero-order chi connectivity index (χ0) is 9.56. The smallest absolute Gasteiger partial charge is 0.333 e. The molecule has 0 saturated heterocycles. The molecule has 0 aliphatic heterocycles. The van der Waals surface area contributed by atoms with Crippen molar-refractivity contribution >= 4 is 29.2 Å². The van der Waals surface area contributed by atoms with E-state index < -0.39 is 5.97 Å². The molecule has 0 spiro atoms. The molecule has 1 atom stereocenters. The summed E-state index contributed by atoms with van der Waals surface area (Å²) in [5.74, 6) is -0.124. The fourth-order valence-electron chi connectivity index (χ4n) is 0.457. The molecule has 70 valence electrons. The third-order valence-corrected chi connectivity index (χ3v) is 2.09. The number of esters is 1. The lowest BCUT2D eigenvalue weighted by Crippen LogP contribution is -2.16. The van der Waals surface area contributed by atoms with E-state index in [-0.39, 0.29) is 17.9 Å². The van der Waals surface area contributed by atoms with Crippen LogP contribution in [-0.4, -0.2) is 23.8 Å². The van der Waals surface area contributed by atoms with Crippen LogP contribution in [0.2, 0.25) is 0 Å². The molecular formula is C8H12Cl2O2. The summed E-state index contributed by atoms with van der Waals surface area (Å²) < 4.78 is 4.79. The van der Waals surface area contributed by atoms with Crippen LogP contribution in [0.1, 0.15) is 13.3 Å². The molecule has 0 aliphatic rings. The summed E-state index contributed by atoms with van der Waals surface area (Å²) in [6.45, 7) is 5.50. The molecule has 0 saturated carbocycles. The van der Waals surface area contributed by atoms with Gasteiger partial charge in [-0.05, 0) is 6.42 Å². The maximum absolute atomic E-state index is 11.0. The van der Waals surface area contributed by atoms with E-state index in [2.05, 4.69) is 6.58 Å². The molecule has 0 aromatic rings. The number of carbonyl (C=O) groups excluding carboxylic acids is 1. The minimum absolute atomic E-state index is 0.142. The van der Waals surface area contributed by atoms with E-state index >= 15 is 0 Å². The maximum atomic E-state index is 11.0. The molecule has 1 unspecified atom stereocenters. The van der Waals surface area contributed by atoms with Crippen molar-refractivity contribution in [3.63, 3.8) is 0 Å². The van der Waals surface area contributed by atoms with Crippen molar-refractivity contribution in [2.24, 2.45) is 0 Å². The highest BCUT2D eigenvalue weighted by Gasteiger charge is 2.09. The molecule has 0 fully saturated rings. The fraction of sp³-hybridized carbons (Fsp3) is 0.625. The Morgan fingerprint density at radius 3 is 2.67 bits per heavy atom. The lowest BCUT2D eigenvalue weighted by molar-refractivity contribution is -0.139. The van der Waals surface area contributed by atoms with Crippen LogP contribution in [0.4, 0.5) is 0 Å². The fourth-order valence-corrected chi connectivity index (χ4v) is 0.609. The topological polar surface area (TPSA) is 26.3 Å². The zero-order valence-corrected chi connectivity index (χ0v) is 8.49. The van der Waals surface area contributed by atoms with Gasteiger partial charge in [-0.3, -0.25) is 0 Å². The van der Waals surface area contributed by atoms with E-state index in [0.717, 1.165) is 0 Å². The van der Waals surface area contributed by atoms with Crippen LogP contribution in [0.25, 0.3) is 0 Å². The Morgan fingerprint density at radius 1 is 1.67 bits per heavy atom. The van der Waals surface area contributed by atoms with E-state index in [0.29, 0.717) is 12.0 Å². The van der Waals surface area contributed by atoms with Crippen molar-refractivity contribution in [3.05, 3.63) is 12.2 Å². The molecule has 0 bridgehead atoms. The van der Waals surface area contributed by atoms with Gasteiger partial charge in [-0.15, -0.1) is 23.2 Å². The van der Waals surface area contributed by atoms with Gasteiger partial charge in [0.05, 0.1) is 5.38 Å². The lowest BCUT2D eigenvalue weighted by atomic mass is 10.2. The van der Waals surface area contributed by atoms with Crippen LogP contribution < -0.4 is 0 Å². The summed E-state index contributed by atoms with van der Waals surface area (Å²) in [6.07, 6.45) is 0.590. The van der Waals surface area contributed by atoms with Crippen molar-refractivity contribution < 1.29 is 9.53 Å². The minimum atomic E-state index is -0.395. The minimum Gasteiger partial charge on any atom is -0.461 e. The summed E-state index contributed by atoms with van der Waals surface area (Å²) in [7, 11) is 0. The van der Waals surface area contributed by atoms with Crippen molar-refractivity contribution in [1.82, 2.24) is 0 Å². The Labute approximate surface area is 82.5 Å². The molecule has 0 heterocycles. The van der Waals surface area contributed by atoms with Crippen molar-refractivity contribution in [3.8, 4) is 0 Å². The van der Waals surface area contributed by atoms with Gasteiger partial charge in [0.2, 0.25) is 0 Å². The normalized spacial score (nSPS) is 12.2. The molecule has 0 N–H and O–H groups in total. The lowest BCUT2D eigenvalue weighted by Gasteiger charge is -2.07. The molecule has 0 rings (SSSR count). The van der Waals surface area contributed by atoms with Gasteiger partial charge in [0, 0.05) is 11.5 Å². The van der Waals surface area contributed by atoms with Crippen LogP contribution in [0.3, 0.4) is 0 Å². The highest BCUT2D eigenvalue weighted by Crippen LogP contribution is 2.03. The van der Waals surface area contributed by atoms with Gasteiger partial charge in [0.1, 0.15) is 6.61 Å². The summed E-state index contributed by atoms with van der Waals surface area (Å²) in [5, 5.41) is -0.319. The average molecular weight is 211 g/mol. The monoisotopic (exact) mass is 210 g/mol. The van der Waals surface area contributed by atoms with Gasteiger partial charge in [-0.1, -0.05) is 13.5 Å². The molecule has 0 amide bonds. The van der Waals surface area contributed by atoms with Crippen LogP contribution in [0.5, 0.6) is 0 Å². The predicted octanol–water partition coefficient (Wildman–Crippen LogP) is 2.34. The first-order valence-electron chi connectivity index (χ1n) is 3.66. The number of rotatable bonds is 5. The largest absolute Gasteiger partial charge is 0.461 e. The number of carbonyl (C=O) groups is 1. The van der Waals surface area contributed by atoms with Crippen LogP contribution in [0.15, 0.2) is 12.2 Å². The second-order valence-electron chi connectivity index (χ2n) is 2.31. The number of hydrogen-bond donors (Lipinski definition) is 0. The summed E-state index contributed by atoms with van der Waals surface area (Å²) >= 11 is 11.0. The van der Waals surface area contributed by atoms with E-state index in [1.54, 1.807) is 0 Å². The van der Waals surface area contributed by atoms with Crippen LogP contribution in [0, 0.1) is 0 Å². The Morgan fingerprint density at radius 2 is 2.25 bits per heavy atom. The van der Waals surface area contributed by atoms with Crippen LogP contribution in [-0.2, 0) is 9.53 Å².